The van der Waals surface area contributed by atoms with Crippen LogP contribution in [0.5, 0.6) is 0 Å². The van der Waals surface area contributed by atoms with Crippen molar-refractivity contribution in [2.75, 3.05) is 6.54 Å². The van der Waals surface area contributed by atoms with Gasteiger partial charge in [-0.3, -0.25) is 9.78 Å². The summed E-state index contributed by atoms with van der Waals surface area (Å²) in [5.41, 5.74) is -3.11. The molecule has 2 N–H and O–H groups in total. The van der Waals surface area contributed by atoms with E-state index in [1.54, 1.807) is 12.1 Å². The molecule has 1 aromatic heterocycles. The normalized spacial score (nSPS) is 30.7. The Balaban J connectivity index is 1.92. The number of nitriles is 1. The van der Waals surface area contributed by atoms with Gasteiger partial charge in [0.25, 0.3) is 0 Å². The number of halogens is 3. The number of nitrogens with one attached hydrogen (secondary N) is 1. The SMILES string of the molecule is N#Cc1ccc(C2NCC3(C(F)(F)F)CC23C(=O)O)c2cccnc12. The minimum absolute atomic E-state index is 0.291. The van der Waals surface area contributed by atoms with Gasteiger partial charge in [-0.2, -0.15) is 18.4 Å². The first-order chi connectivity index (χ1) is 11.8. The molecule has 0 radical (unpaired) electrons. The Hall–Kier alpha value is -2.66. The quantitative estimate of drug-likeness (QED) is 0.872. The van der Waals surface area contributed by atoms with Gasteiger partial charge < -0.3 is 10.4 Å². The smallest absolute Gasteiger partial charge is 0.396 e. The number of carboxylic acids is 1. The molecule has 25 heavy (non-hydrogen) atoms. The average Bonchev–Trinajstić information content (AvgIpc) is 3.17. The van der Waals surface area contributed by atoms with Crippen molar-refractivity contribution in [1.82, 2.24) is 10.3 Å². The Kier molecular flexibility index (Phi) is 2.98. The molecule has 8 heteroatoms. The zero-order valence-electron chi connectivity index (χ0n) is 12.8. The molecular formula is C17H12F3N3O2. The Morgan fingerprint density at radius 1 is 1.40 bits per heavy atom. The van der Waals surface area contributed by atoms with E-state index >= 15 is 0 Å². The van der Waals surface area contributed by atoms with Crippen LogP contribution in [0.3, 0.4) is 0 Å². The molecule has 2 aromatic rings. The van der Waals surface area contributed by atoms with E-state index in [1.807, 2.05) is 6.07 Å². The summed E-state index contributed by atoms with van der Waals surface area (Å²) in [5.74, 6) is -1.46. The minimum Gasteiger partial charge on any atom is -0.481 e. The number of pyridine rings is 1. The van der Waals surface area contributed by atoms with E-state index in [2.05, 4.69) is 10.3 Å². The van der Waals surface area contributed by atoms with E-state index in [9.17, 15) is 28.3 Å². The second-order valence-electron chi connectivity index (χ2n) is 6.56. The lowest BCUT2D eigenvalue weighted by Gasteiger charge is -2.23. The van der Waals surface area contributed by atoms with Crippen molar-refractivity contribution < 1.29 is 23.1 Å². The molecule has 1 saturated carbocycles. The van der Waals surface area contributed by atoms with Gasteiger partial charge >= 0.3 is 12.1 Å². The summed E-state index contributed by atoms with van der Waals surface area (Å²) in [5, 5.41) is 22.1. The van der Waals surface area contributed by atoms with Crippen LogP contribution in [0.2, 0.25) is 0 Å². The molecule has 3 atom stereocenters. The minimum atomic E-state index is -4.60. The molecular weight excluding hydrogens is 335 g/mol. The maximum Gasteiger partial charge on any atom is 0.396 e. The second-order valence-corrected chi connectivity index (χ2v) is 6.56. The van der Waals surface area contributed by atoms with Crippen molar-refractivity contribution >= 4 is 16.9 Å². The van der Waals surface area contributed by atoms with E-state index in [4.69, 9.17) is 0 Å². The summed E-state index contributed by atoms with van der Waals surface area (Å²) in [4.78, 5) is 16.0. The van der Waals surface area contributed by atoms with E-state index in [-0.39, 0.29) is 0 Å². The van der Waals surface area contributed by atoms with Crippen molar-refractivity contribution in [1.29, 1.82) is 5.26 Å². The van der Waals surface area contributed by atoms with Crippen molar-refractivity contribution in [3.05, 3.63) is 41.6 Å². The molecule has 2 aliphatic rings. The van der Waals surface area contributed by atoms with Crippen LogP contribution >= 0.6 is 0 Å². The molecule has 2 heterocycles. The molecule has 1 aromatic carbocycles. The average molecular weight is 347 g/mol. The molecule has 0 bridgehead atoms. The van der Waals surface area contributed by atoms with Crippen LogP contribution in [0.25, 0.3) is 10.9 Å². The highest BCUT2D eigenvalue weighted by atomic mass is 19.4. The summed E-state index contributed by atoms with van der Waals surface area (Å²) in [7, 11) is 0. The number of aliphatic carboxylic acids is 1. The number of carboxylic acid groups (broad SMARTS) is 1. The van der Waals surface area contributed by atoms with E-state index in [0.717, 1.165) is 0 Å². The lowest BCUT2D eigenvalue weighted by atomic mass is 9.84. The molecule has 4 rings (SSSR count). The van der Waals surface area contributed by atoms with Gasteiger partial charge in [0.05, 0.1) is 16.5 Å². The third-order valence-electron chi connectivity index (χ3n) is 5.57. The Bertz CT molecular complexity index is 952. The molecule has 1 aliphatic heterocycles. The van der Waals surface area contributed by atoms with Crippen LogP contribution in [-0.4, -0.2) is 28.8 Å². The molecule has 128 valence electrons. The number of benzene rings is 1. The van der Waals surface area contributed by atoms with Gasteiger partial charge in [-0.15, -0.1) is 0 Å². The highest BCUT2D eigenvalue weighted by molar-refractivity contribution is 5.90. The van der Waals surface area contributed by atoms with E-state index in [1.165, 1.54) is 18.3 Å². The first-order valence-corrected chi connectivity index (χ1v) is 7.60. The molecule has 0 spiro atoms. The highest BCUT2D eigenvalue weighted by Crippen LogP contribution is 2.78. The van der Waals surface area contributed by atoms with Gasteiger partial charge in [-0.1, -0.05) is 12.1 Å². The number of hydrogen-bond acceptors (Lipinski definition) is 4. The van der Waals surface area contributed by atoms with Gasteiger partial charge in [0.1, 0.15) is 11.5 Å². The zero-order chi connectivity index (χ0) is 18.0. The molecule has 1 aliphatic carbocycles. The fourth-order valence-corrected chi connectivity index (χ4v) is 4.25. The Morgan fingerprint density at radius 3 is 2.76 bits per heavy atom. The first kappa shape index (κ1) is 15.8. The third-order valence-corrected chi connectivity index (χ3v) is 5.57. The molecule has 2 fully saturated rings. The van der Waals surface area contributed by atoms with Gasteiger partial charge in [-0.25, -0.2) is 0 Å². The number of nitrogens with zero attached hydrogens (tertiary/aromatic N) is 2. The Labute approximate surface area is 140 Å². The monoisotopic (exact) mass is 347 g/mol. The highest BCUT2D eigenvalue weighted by Gasteiger charge is 2.88. The van der Waals surface area contributed by atoms with Crippen molar-refractivity contribution in [3.63, 3.8) is 0 Å². The fraction of sp³-hybridized carbons (Fsp3) is 0.353. The van der Waals surface area contributed by atoms with Crippen molar-refractivity contribution in [2.24, 2.45) is 10.8 Å². The topological polar surface area (TPSA) is 86.0 Å². The maximum absolute atomic E-state index is 13.6. The van der Waals surface area contributed by atoms with Crippen LogP contribution in [0, 0.1) is 22.2 Å². The van der Waals surface area contributed by atoms with Crippen LogP contribution in [0.4, 0.5) is 13.2 Å². The van der Waals surface area contributed by atoms with Crippen LogP contribution in [0.15, 0.2) is 30.5 Å². The summed E-state index contributed by atoms with van der Waals surface area (Å²) in [6, 6.07) is 7.25. The predicted molar refractivity (Wildman–Crippen MR) is 80.4 cm³/mol. The maximum atomic E-state index is 13.6. The molecule has 3 unspecified atom stereocenters. The lowest BCUT2D eigenvalue weighted by molar-refractivity contribution is -0.195. The molecule has 1 saturated heterocycles. The predicted octanol–water partition coefficient (Wildman–Crippen LogP) is 2.77. The number of carbonyl (C=O) groups is 1. The number of hydrogen-bond donors (Lipinski definition) is 2. The summed E-state index contributed by atoms with van der Waals surface area (Å²) < 4.78 is 40.7. The Morgan fingerprint density at radius 2 is 2.16 bits per heavy atom. The van der Waals surface area contributed by atoms with Crippen LogP contribution in [0.1, 0.15) is 23.6 Å². The lowest BCUT2D eigenvalue weighted by Crippen LogP contribution is -2.34. The van der Waals surface area contributed by atoms with Crippen LogP contribution in [-0.2, 0) is 4.79 Å². The zero-order valence-corrected chi connectivity index (χ0v) is 12.8. The number of fused-ring (bicyclic) bond motifs is 2. The van der Waals surface area contributed by atoms with Gasteiger partial charge in [0, 0.05) is 24.2 Å². The first-order valence-electron chi connectivity index (χ1n) is 7.60. The summed E-state index contributed by atoms with van der Waals surface area (Å²) in [6.07, 6.45) is -3.56. The summed E-state index contributed by atoms with van der Waals surface area (Å²) >= 11 is 0. The molecule has 5 nitrogen and oxygen atoms in total. The van der Waals surface area contributed by atoms with Gasteiger partial charge in [0.15, 0.2) is 0 Å². The summed E-state index contributed by atoms with van der Waals surface area (Å²) in [6.45, 7) is -0.435. The number of piperidine rings is 1. The number of rotatable bonds is 2. The fourth-order valence-electron chi connectivity index (χ4n) is 4.25. The van der Waals surface area contributed by atoms with Crippen molar-refractivity contribution in [2.45, 2.75) is 18.6 Å². The van der Waals surface area contributed by atoms with E-state index in [0.29, 0.717) is 22.0 Å². The second kappa shape index (κ2) is 4.70. The van der Waals surface area contributed by atoms with Gasteiger partial charge in [-0.05, 0) is 24.1 Å². The standard InChI is InChI=1S/C17H12F3N3O2/c18-17(19,20)15-7-16(15,14(24)25)13(23-8-15)11-4-3-9(6-21)12-10(11)2-1-5-22-12/h1-5,13,23H,7-8H2,(H,24,25). The van der Waals surface area contributed by atoms with Gasteiger partial charge in [0.2, 0.25) is 0 Å². The largest absolute Gasteiger partial charge is 0.481 e. The number of alkyl halides is 3. The number of aromatic nitrogens is 1. The van der Waals surface area contributed by atoms with E-state index < -0.39 is 42.0 Å². The third kappa shape index (κ3) is 1.76. The van der Waals surface area contributed by atoms with Crippen molar-refractivity contribution in [3.8, 4) is 6.07 Å². The molecule has 0 amide bonds. The van der Waals surface area contributed by atoms with Crippen LogP contribution < -0.4 is 5.32 Å².